The third-order valence-electron chi connectivity index (χ3n) is 1.76. The molecule has 0 amide bonds. The van der Waals surface area contributed by atoms with Gasteiger partial charge in [0.05, 0.1) is 25.5 Å². The Morgan fingerprint density at radius 3 is 2.35 bits per heavy atom. The Balaban J connectivity index is 2.62. The first kappa shape index (κ1) is 13.5. The van der Waals surface area contributed by atoms with E-state index in [1.165, 1.54) is 6.07 Å². The molecular weight excluding hydrogens is 241 g/mol. The van der Waals surface area contributed by atoms with Crippen LogP contribution in [0, 0.1) is 0 Å². The highest BCUT2D eigenvalue weighted by atomic mass is 19.4. The van der Waals surface area contributed by atoms with Crippen LogP contribution in [0.5, 0.6) is 5.75 Å². The minimum absolute atomic E-state index is 0.229. The van der Waals surface area contributed by atoms with Crippen LogP contribution in [0.1, 0.15) is 0 Å². The van der Waals surface area contributed by atoms with Gasteiger partial charge < -0.3 is 20.3 Å². The molecule has 0 spiro atoms. The van der Waals surface area contributed by atoms with E-state index in [-0.39, 0.29) is 19.0 Å². The van der Waals surface area contributed by atoms with E-state index in [0.29, 0.717) is 0 Å². The molecule has 0 fully saturated rings. The number of nitrogens with zero attached hydrogens (tertiary/aromatic N) is 1. The summed E-state index contributed by atoms with van der Waals surface area (Å²) < 4.78 is 39.1. The summed E-state index contributed by atoms with van der Waals surface area (Å²) in [7, 11) is 0. The molecule has 17 heavy (non-hydrogen) atoms. The number of alkyl halides is 3. The standard InChI is InChI=1S/C9H11F3N2O3/c10-9(11,12)17-7-1-2-8(13-3-7)14-6(4-15)5-16/h1-3,6,15-16H,4-5H2,(H,13,14). The van der Waals surface area contributed by atoms with E-state index in [1.807, 2.05) is 0 Å². The van der Waals surface area contributed by atoms with Crippen LogP contribution in [-0.2, 0) is 0 Å². The van der Waals surface area contributed by atoms with E-state index >= 15 is 0 Å². The van der Waals surface area contributed by atoms with Gasteiger partial charge in [0.15, 0.2) is 0 Å². The number of aliphatic hydroxyl groups excluding tert-OH is 2. The quantitative estimate of drug-likeness (QED) is 0.721. The van der Waals surface area contributed by atoms with Gasteiger partial charge in [-0.15, -0.1) is 13.2 Å². The Hall–Kier alpha value is -1.54. The van der Waals surface area contributed by atoms with Crippen LogP contribution >= 0.6 is 0 Å². The molecule has 96 valence electrons. The van der Waals surface area contributed by atoms with Crippen molar-refractivity contribution in [3.05, 3.63) is 18.3 Å². The van der Waals surface area contributed by atoms with Crippen molar-refractivity contribution in [2.45, 2.75) is 12.4 Å². The van der Waals surface area contributed by atoms with Gasteiger partial charge in [0.2, 0.25) is 0 Å². The Morgan fingerprint density at radius 2 is 1.94 bits per heavy atom. The first-order chi connectivity index (χ1) is 7.94. The molecule has 8 heteroatoms. The zero-order chi connectivity index (χ0) is 12.9. The number of ether oxygens (including phenoxy) is 1. The number of anilines is 1. The van der Waals surface area contributed by atoms with Crippen molar-refractivity contribution in [3.63, 3.8) is 0 Å². The highest BCUT2D eigenvalue weighted by molar-refractivity contribution is 5.38. The van der Waals surface area contributed by atoms with Gasteiger partial charge in [-0.25, -0.2) is 4.98 Å². The molecule has 0 saturated carbocycles. The average Bonchev–Trinajstić information content (AvgIpc) is 2.26. The Morgan fingerprint density at radius 1 is 1.29 bits per heavy atom. The molecule has 0 unspecified atom stereocenters. The van der Waals surface area contributed by atoms with E-state index in [9.17, 15) is 13.2 Å². The molecule has 0 saturated heterocycles. The van der Waals surface area contributed by atoms with Crippen LogP contribution < -0.4 is 10.1 Å². The number of halogens is 3. The molecule has 5 nitrogen and oxygen atoms in total. The summed E-state index contributed by atoms with van der Waals surface area (Å²) in [5.41, 5.74) is 0. The molecular formula is C9H11F3N2O3. The Labute approximate surface area is 94.9 Å². The second kappa shape index (κ2) is 5.69. The van der Waals surface area contributed by atoms with Crippen LogP contribution in [0.25, 0.3) is 0 Å². The van der Waals surface area contributed by atoms with E-state index in [4.69, 9.17) is 10.2 Å². The van der Waals surface area contributed by atoms with Gasteiger partial charge in [0, 0.05) is 0 Å². The zero-order valence-electron chi connectivity index (χ0n) is 8.61. The van der Waals surface area contributed by atoms with Crippen LogP contribution in [0.4, 0.5) is 19.0 Å². The van der Waals surface area contributed by atoms with Crippen molar-refractivity contribution in [3.8, 4) is 5.75 Å². The number of aromatic nitrogens is 1. The predicted octanol–water partition coefficient (Wildman–Crippen LogP) is 0.745. The summed E-state index contributed by atoms with van der Waals surface area (Å²) in [6, 6.07) is 1.71. The van der Waals surface area contributed by atoms with Crippen molar-refractivity contribution in [1.82, 2.24) is 4.98 Å². The highest BCUT2D eigenvalue weighted by Crippen LogP contribution is 2.22. The molecule has 0 aromatic carbocycles. The van der Waals surface area contributed by atoms with Gasteiger partial charge in [0.1, 0.15) is 11.6 Å². The smallest absolute Gasteiger partial charge is 0.404 e. The van der Waals surface area contributed by atoms with Gasteiger partial charge in [-0.3, -0.25) is 0 Å². The summed E-state index contributed by atoms with van der Waals surface area (Å²) in [5.74, 6) is -0.208. The third kappa shape index (κ3) is 4.87. The van der Waals surface area contributed by atoms with Crippen molar-refractivity contribution in [1.29, 1.82) is 0 Å². The number of rotatable bonds is 5. The number of hydrogen-bond donors (Lipinski definition) is 3. The average molecular weight is 252 g/mol. The first-order valence-corrected chi connectivity index (χ1v) is 4.64. The maximum absolute atomic E-state index is 11.8. The monoisotopic (exact) mass is 252 g/mol. The van der Waals surface area contributed by atoms with E-state index in [1.54, 1.807) is 0 Å². The van der Waals surface area contributed by atoms with Crippen LogP contribution in [-0.4, -0.2) is 40.8 Å². The summed E-state index contributed by atoms with van der Waals surface area (Å²) in [6.45, 7) is -0.641. The van der Waals surface area contributed by atoms with Gasteiger partial charge in [0.25, 0.3) is 0 Å². The lowest BCUT2D eigenvalue weighted by molar-refractivity contribution is -0.274. The SMILES string of the molecule is OCC(CO)Nc1ccc(OC(F)(F)F)cn1. The van der Waals surface area contributed by atoms with Gasteiger partial charge in [-0.1, -0.05) is 0 Å². The Kier molecular flexibility index (Phi) is 4.53. The second-order valence-electron chi connectivity index (χ2n) is 3.13. The Bertz CT molecular complexity index is 338. The van der Waals surface area contributed by atoms with Gasteiger partial charge in [-0.2, -0.15) is 0 Å². The lowest BCUT2D eigenvalue weighted by Crippen LogP contribution is -2.28. The molecule has 0 radical (unpaired) electrons. The zero-order valence-corrected chi connectivity index (χ0v) is 8.61. The van der Waals surface area contributed by atoms with Crippen LogP contribution in [0.2, 0.25) is 0 Å². The molecule has 1 aromatic rings. The number of nitrogens with one attached hydrogen (secondary N) is 1. The number of pyridine rings is 1. The van der Waals surface area contributed by atoms with E-state index < -0.39 is 18.2 Å². The number of hydrogen-bond acceptors (Lipinski definition) is 5. The lowest BCUT2D eigenvalue weighted by Gasteiger charge is -2.14. The largest absolute Gasteiger partial charge is 0.573 e. The summed E-state index contributed by atoms with van der Waals surface area (Å²) >= 11 is 0. The maximum atomic E-state index is 11.8. The molecule has 1 rings (SSSR count). The molecule has 0 aliphatic heterocycles. The first-order valence-electron chi connectivity index (χ1n) is 4.64. The van der Waals surface area contributed by atoms with Crippen molar-refractivity contribution < 1.29 is 28.1 Å². The summed E-state index contributed by atoms with van der Waals surface area (Å²) in [4.78, 5) is 3.64. The van der Waals surface area contributed by atoms with Crippen molar-refractivity contribution in [2.75, 3.05) is 18.5 Å². The fourth-order valence-corrected chi connectivity index (χ4v) is 1.02. The normalized spacial score (nSPS) is 11.6. The van der Waals surface area contributed by atoms with Gasteiger partial charge in [-0.05, 0) is 12.1 Å². The van der Waals surface area contributed by atoms with E-state index in [0.717, 1.165) is 12.3 Å². The van der Waals surface area contributed by atoms with Gasteiger partial charge >= 0.3 is 6.36 Å². The van der Waals surface area contributed by atoms with Crippen LogP contribution in [0.15, 0.2) is 18.3 Å². The number of aliphatic hydroxyl groups is 2. The van der Waals surface area contributed by atoms with Crippen molar-refractivity contribution >= 4 is 5.82 Å². The maximum Gasteiger partial charge on any atom is 0.573 e. The molecule has 0 atom stereocenters. The molecule has 0 bridgehead atoms. The minimum Gasteiger partial charge on any atom is -0.404 e. The van der Waals surface area contributed by atoms with Crippen molar-refractivity contribution in [2.24, 2.45) is 0 Å². The molecule has 0 aliphatic rings. The topological polar surface area (TPSA) is 74.6 Å². The third-order valence-corrected chi connectivity index (χ3v) is 1.76. The fraction of sp³-hybridized carbons (Fsp3) is 0.444. The fourth-order valence-electron chi connectivity index (χ4n) is 1.02. The lowest BCUT2D eigenvalue weighted by atomic mass is 10.3. The predicted molar refractivity (Wildman–Crippen MR) is 52.5 cm³/mol. The second-order valence-corrected chi connectivity index (χ2v) is 3.13. The molecule has 3 N–H and O–H groups in total. The molecule has 1 aromatic heterocycles. The summed E-state index contributed by atoms with van der Waals surface area (Å²) in [5, 5.41) is 20.2. The molecule has 1 heterocycles. The summed E-state index contributed by atoms with van der Waals surface area (Å²) in [6.07, 6.45) is -3.86. The van der Waals surface area contributed by atoms with E-state index in [2.05, 4.69) is 15.0 Å². The molecule has 0 aliphatic carbocycles. The highest BCUT2D eigenvalue weighted by Gasteiger charge is 2.31. The van der Waals surface area contributed by atoms with Crippen LogP contribution in [0.3, 0.4) is 0 Å². The minimum atomic E-state index is -4.75.